The third-order valence-corrected chi connectivity index (χ3v) is 3.95. The first kappa shape index (κ1) is 14.6. The molecule has 0 radical (unpaired) electrons. The first-order valence-corrected chi connectivity index (χ1v) is 7.48. The monoisotopic (exact) mass is 284 g/mol. The Labute approximate surface area is 119 Å². The van der Waals surface area contributed by atoms with Crippen molar-refractivity contribution < 1.29 is 4.39 Å². The third kappa shape index (κ3) is 4.66. The van der Waals surface area contributed by atoms with Crippen LogP contribution < -0.4 is 10.6 Å². The second-order valence-electron chi connectivity index (χ2n) is 5.41. The number of hydrogen-bond donors (Lipinski definition) is 2. The van der Waals surface area contributed by atoms with E-state index in [1.807, 2.05) is 0 Å². The molecule has 106 valence electrons. The lowest BCUT2D eigenvalue weighted by Crippen LogP contribution is -2.33. The van der Waals surface area contributed by atoms with Gasteiger partial charge in [0, 0.05) is 12.1 Å². The molecule has 0 amide bonds. The first-order valence-electron chi connectivity index (χ1n) is 7.10. The number of anilines is 1. The molecule has 0 bridgehead atoms. The molecule has 2 atom stereocenters. The second kappa shape index (κ2) is 7.11. The highest BCUT2D eigenvalue weighted by Crippen LogP contribution is 2.24. The van der Waals surface area contributed by atoms with E-state index in [0.29, 0.717) is 17.1 Å². The van der Waals surface area contributed by atoms with Crippen molar-refractivity contribution in [1.82, 2.24) is 5.32 Å². The van der Waals surface area contributed by atoms with E-state index in [0.717, 1.165) is 18.7 Å². The molecule has 0 aliphatic carbocycles. The van der Waals surface area contributed by atoms with Crippen LogP contribution in [0.4, 0.5) is 10.1 Å². The minimum Gasteiger partial charge on any atom is -0.381 e. The fourth-order valence-electron chi connectivity index (χ4n) is 2.66. The van der Waals surface area contributed by atoms with Crippen LogP contribution in [-0.2, 0) is 0 Å². The van der Waals surface area contributed by atoms with Gasteiger partial charge >= 0.3 is 0 Å². The van der Waals surface area contributed by atoms with Crippen molar-refractivity contribution in [1.29, 1.82) is 0 Å². The van der Waals surface area contributed by atoms with Gasteiger partial charge in [-0.1, -0.05) is 24.4 Å². The maximum absolute atomic E-state index is 13.0. The van der Waals surface area contributed by atoms with Gasteiger partial charge in [-0.05, 0) is 50.9 Å². The largest absolute Gasteiger partial charge is 0.381 e. The highest BCUT2D eigenvalue weighted by molar-refractivity contribution is 6.33. The van der Waals surface area contributed by atoms with Gasteiger partial charge in [-0.3, -0.25) is 0 Å². The Morgan fingerprint density at radius 1 is 1.42 bits per heavy atom. The lowest BCUT2D eigenvalue weighted by molar-refractivity contribution is 0.456. The molecule has 0 spiro atoms. The highest BCUT2D eigenvalue weighted by Gasteiger charge is 2.15. The third-order valence-electron chi connectivity index (χ3n) is 3.63. The van der Waals surface area contributed by atoms with Gasteiger partial charge in [0.05, 0.1) is 10.7 Å². The molecule has 1 heterocycles. The van der Waals surface area contributed by atoms with Crippen LogP contribution in [0.5, 0.6) is 0 Å². The van der Waals surface area contributed by atoms with Gasteiger partial charge in [0.25, 0.3) is 0 Å². The molecule has 2 rings (SSSR count). The molecular formula is C15H22ClFN2. The number of nitrogens with one attached hydrogen (secondary N) is 2. The van der Waals surface area contributed by atoms with Crippen LogP contribution in [0.2, 0.25) is 5.02 Å². The summed E-state index contributed by atoms with van der Waals surface area (Å²) in [4.78, 5) is 0. The van der Waals surface area contributed by atoms with E-state index < -0.39 is 0 Å². The number of benzene rings is 1. The SMILES string of the molecule is CC(CC1CCCCCN1)Nc1ccc(F)cc1Cl. The van der Waals surface area contributed by atoms with E-state index in [1.54, 1.807) is 6.07 Å². The quantitative estimate of drug-likeness (QED) is 0.866. The molecule has 2 nitrogen and oxygen atoms in total. The number of hydrogen-bond acceptors (Lipinski definition) is 2. The molecule has 1 aromatic carbocycles. The molecule has 4 heteroatoms. The average molecular weight is 285 g/mol. The first-order chi connectivity index (χ1) is 9.15. The Balaban J connectivity index is 1.87. The molecular weight excluding hydrogens is 263 g/mol. The average Bonchev–Trinajstić information content (AvgIpc) is 2.61. The van der Waals surface area contributed by atoms with Gasteiger partial charge in [-0.15, -0.1) is 0 Å². The summed E-state index contributed by atoms with van der Waals surface area (Å²) >= 11 is 6.02. The van der Waals surface area contributed by atoms with Gasteiger partial charge < -0.3 is 10.6 Å². The molecule has 1 fully saturated rings. The second-order valence-corrected chi connectivity index (χ2v) is 5.81. The van der Waals surface area contributed by atoms with Crippen molar-refractivity contribution in [2.75, 3.05) is 11.9 Å². The van der Waals surface area contributed by atoms with Crippen molar-refractivity contribution in [3.63, 3.8) is 0 Å². The summed E-state index contributed by atoms with van der Waals surface area (Å²) in [6.07, 6.45) is 6.22. The summed E-state index contributed by atoms with van der Waals surface area (Å²) in [5.74, 6) is -0.298. The van der Waals surface area contributed by atoms with Crippen LogP contribution in [0.1, 0.15) is 39.0 Å². The topological polar surface area (TPSA) is 24.1 Å². The molecule has 0 saturated carbocycles. The summed E-state index contributed by atoms with van der Waals surface area (Å²) < 4.78 is 13.0. The van der Waals surface area contributed by atoms with Crippen molar-refractivity contribution in [2.45, 2.75) is 51.1 Å². The van der Waals surface area contributed by atoms with Crippen molar-refractivity contribution >= 4 is 17.3 Å². The number of halogens is 2. The normalized spacial score (nSPS) is 21.7. The fourth-order valence-corrected chi connectivity index (χ4v) is 2.88. The van der Waals surface area contributed by atoms with Gasteiger partial charge in [-0.2, -0.15) is 0 Å². The summed E-state index contributed by atoms with van der Waals surface area (Å²) in [6, 6.07) is 5.38. The smallest absolute Gasteiger partial charge is 0.124 e. The van der Waals surface area contributed by atoms with Crippen LogP contribution in [-0.4, -0.2) is 18.6 Å². The lowest BCUT2D eigenvalue weighted by atomic mass is 10.0. The van der Waals surface area contributed by atoms with Crippen LogP contribution in [0.15, 0.2) is 18.2 Å². The number of rotatable bonds is 4. The van der Waals surface area contributed by atoms with Gasteiger partial charge in [0.15, 0.2) is 0 Å². The summed E-state index contributed by atoms with van der Waals surface area (Å²) in [7, 11) is 0. The Morgan fingerprint density at radius 2 is 2.26 bits per heavy atom. The Hall–Kier alpha value is -0.800. The standard InChI is InChI=1S/C15H22ClFN2/c1-11(9-13-5-3-2-4-8-18-13)19-15-7-6-12(17)10-14(15)16/h6-7,10-11,13,18-19H,2-5,8-9H2,1H3. The van der Waals surface area contributed by atoms with E-state index >= 15 is 0 Å². The van der Waals surface area contributed by atoms with Gasteiger partial charge in [0.2, 0.25) is 0 Å². The van der Waals surface area contributed by atoms with E-state index in [9.17, 15) is 4.39 Å². The van der Waals surface area contributed by atoms with E-state index in [4.69, 9.17) is 11.6 Å². The van der Waals surface area contributed by atoms with Crippen LogP contribution in [0, 0.1) is 5.82 Å². The zero-order valence-electron chi connectivity index (χ0n) is 11.4. The predicted molar refractivity (Wildman–Crippen MR) is 79.4 cm³/mol. The summed E-state index contributed by atoms with van der Waals surface area (Å²) in [6.45, 7) is 3.26. The molecule has 1 aromatic rings. The molecule has 2 unspecified atom stereocenters. The maximum atomic E-state index is 13.0. The predicted octanol–water partition coefficient (Wildman–Crippen LogP) is 4.20. The van der Waals surface area contributed by atoms with Crippen molar-refractivity contribution in [3.05, 3.63) is 29.0 Å². The highest BCUT2D eigenvalue weighted by atomic mass is 35.5. The van der Waals surface area contributed by atoms with Crippen molar-refractivity contribution in [3.8, 4) is 0 Å². The van der Waals surface area contributed by atoms with Gasteiger partial charge in [-0.25, -0.2) is 4.39 Å². The molecule has 19 heavy (non-hydrogen) atoms. The molecule has 1 aliphatic rings. The maximum Gasteiger partial charge on any atom is 0.124 e. The Bertz CT molecular complexity index is 403. The summed E-state index contributed by atoms with van der Waals surface area (Å²) in [5.41, 5.74) is 0.809. The molecule has 0 aromatic heterocycles. The minimum absolute atomic E-state index is 0.298. The summed E-state index contributed by atoms with van der Waals surface area (Å²) in [5, 5.41) is 7.40. The van der Waals surface area contributed by atoms with Crippen LogP contribution >= 0.6 is 11.6 Å². The lowest BCUT2D eigenvalue weighted by Gasteiger charge is -2.22. The fraction of sp³-hybridized carbons (Fsp3) is 0.600. The molecule has 1 aliphatic heterocycles. The molecule has 1 saturated heterocycles. The van der Waals surface area contributed by atoms with Crippen molar-refractivity contribution in [2.24, 2.45) is 0 Å². The zero-order chi connectivity index (χ0) is 13.7. The zero-order valence-corrected chi connectivity index (χ0v) is 12.1. The van der Waals surface area contributed by atoms with Crippen LogP contribution in [0.3, 0.4) is 0 Å². The Morgan fingerprint density at radius 3 is 3.05 bits per heavy atom. The molecule has 2 N–H and O–H groups in total. The van der Waals surface area contributed by atoms with E-state index in [2.05, 4.69) is 17.6 Å². The van der Waals surface area contributed by atoms with Crippen LogP contribution in [0.25, 0.3) is 0 Å². The van der Waals surface area contributed by atoms with E-state index in [-0.39, 0.29) is 5.82 Å². The van der Waals surface area contributed by atoms with E-state index in [1.165, 1.54) is 37.8 Å². The Kier molecular flexibility index (Phi) is 5.46. The minimum atomic E-state index is -0.298. The van der Waals surface area contributed by atoms with Gasteiger partial charge in [0.1, 0.15) is 5.82 Å².